The number of anilines is 1. The van der Waals surface area contributed by atoms with Gasteiger partial charge in [-0.25, -0.2) is 13.2 Å². The summed E-state index contributed by atoms with van der Waals surface area (Å²) in [5, 5.41) is 13.0. The lowest BCUT2D eigenvalue weighted by Gasteiger charge is -2.33. The third-order valence-electron chi connectivity index (χ3n) is 6.37. The molecule has 1 aromatic heterocycles. The number of nitriles is 1. The van der Waals surface area contributed by atoms with E-state index >= 15 is 0 Å². The molecule has 1 aliphatic carbocycles. The summed E-state index contributed by atoms with van der Waals surface area (Å²) < 4.78 is 32.4. The van der Waals surface area contributed by atoms with Crippen LogP contribution >= 0.6 is 11.3 Å². The van der Waals surface area contributed by atoms with E-state index < -0.39 is 16.1 Å². The number of amides is 2. The van der Waals surface area contributed by atoms with E-state index in [9.17, 15) is 23.3 Å². The molecule has 9 nitrogen and oxygen atoms in total. The maximum atomic E-state index is 13.0. The molecule has 35 heavy (non-hydrogen) atoms. The van der Waals surface area contributed by atoms with E-state index in [1.165, 1.54) is 44.8 Å². The van der Waals surface area contributed by atoms with Crippen molar-refractivity contribution in [2.75, 3.05) is 38.1 Å². The molecule has 1 aromatic carbocycles. The second-order valence-corrected chi connectivity index (χ2v) is 11.8. The Morgan fingerprint density at radius 1 is 1.20 bits per heavy atom. The first-order valence-electron chi connectivity index (χ1n) is 11.6. The largest absolute Gasteiger partial charge is 0.450 e. The number of piperazine rings is 1. The minimum absolute atomic E-state index is 0.0805. The molecule has 1 aliphatic heterocycles. The fourth-order valence-electron chi connectivity index (χ4n) is 4.39. The molecular weight excluding hydrogens is 488 g/mol. The van der Waals surface area contributed by atoms with Gasteiger partial charge in [-0.2, -0.15) is 9.57 Å². The normalized spacial score (nSPS) is 18.4. The first-order chi connectivity index (χ1) is 16.7. The maximum absolute atomic E-state index is 13.0. The SMILES string of the molecule is CCOC(=O)N1CCN(S(=O)(=O)c2ccc(C(=O)Nc3sc4c(c3C#N)CCC(C)C4)cc2)CC1. The highest BCUT2D eigenvalue weighted by molar-refractivity contribution is 7.89. The topological polar surface area (TPSA) is 120 Å². The smallest absolute Gasteiger partial charge is 0.409 e. The van der Waals surface area contributed by atoms with Gasteiger partial charge in [-0.1, -0.05) is 6.92 Å². The van der Waals surface area contributed by atoms with Gasteiger partial charge in [0.2, 0.25) is 10.0 Å². The number of thiophene rings is 1. The standard InChI is InChI=1S/C24H28N4O5S2/c1-3-33-24(30)27-10-12-28(13-11-27)35(31,32)18-7-5-17(6-8-18)22(29)26-23-20(15-25)19-9-4-16(2)14-21(19)34-23/h5-8,16H,3-4,9-14H2,1-2H3,(H,26,29). The number of hydrogen-bond acceptors (Lipinski definition) is 7. The van der Waals surface area contributed by atoms with Crippen LogP contribution in [0.4, 0.5) is 9.80 Å². The summed E-state index contributed by atoms with van der Waals surface area (Å²) in [6.07, 6.45) is 2.33. The molecule has 2 aliphatic rings. The molecule has 1 N–H and O–H groups in total. The zero-order chi connectivity index (χ0) is 25.2. The Balaban J connectivity index is 1.43. The van der Waals surface area contributed by atoms with Crippen molar-refractivity contribution < 1.29 is 22.7 Å². The fourth-order valence-corrected chi connectivity index (χ4v) is 7.16. The summed E-state index contributed by atoms with van der Waals surface area (Å²) in [6.45, 7) is 5.02. The number of benzene rings is 1. The van der Waals surface area contributed by atoms with Crippen molar-refractivity contribution in [1.82, 2.24) is 9.21 Å². The highest BCUT2D eigenvalue weighted by Gasteiger charge is 2.31. The van der Waals surface area contributed by atoms with Crippen molar-refractivity contribution >= 4 is 38.4 Å². The number of rotatable bonds is 5. The molecule has 2 aromatic rings. The van der Waals surface area contributed by atoms with E-state index in [1.54, 1.807) is 6.92 Å². The number of nitrogens with zero attached hydrogens (tertiary/aromatic N) is 3. The minimum atomic E-state index is -3.76. The minimum Gasteiger partial charge on any atom is -0.450 e. The van der Waals surface area contributed by atoms with Gasteiger partial charge in [0.25, 0.3) is 5.91 Å². The van der Waals surface area contributed by atoms with Crippen LogP contribution in [0.3, 0.4) is 0 Å². The summed E-state index contributed by atoms with van der Waals surface area (Å²) >= 11 is 1.45. The van der Waals surface area contributed by atoms with Crippen LogP contribution in [0.2, 0.25) is 0 Å². The van der Waals surface area contributed by atoms with Crippen LogP contribution in [-0.2, 0) is 27.6 Å². The Kier molecular flexibility index (Phi) is 7.44. The molecule has 1 atom stereocenters. The van der Waals surface area contributed by atoms with Crippen LogP contribution in [0.25, 0.3) is 0 Å². The van der Waals surface area contributed by atoms with Crippen LogP contribution < -0.4 is 5.32 Å². The monoisotopic (exact) mass is 516 g/mol. The highest BCUT2D eigenvalue weighted by atomic mass is 32.2. The fraction of sp³-hybridized carbons (Fsp3) is 0.458. The molecule has 186 valence electrons. The zero-order valence-electron chi connectivity index (χ0n) is 19.7. The summed E-state index contributed by atoms with van der Waals surface area (Å²) in [5.41, 5.74) is 1.88. The molecular formula is C24H28N4O5S2. The summed E-state index contributed by atoms with van der Waals surface area (Å²) in [4.78, 5) is 27.4. The van der Waals surface area contributed by atoms with Crippen molar-refractivity contribution in [3.8, 4) is 6.07 Å². The van der Waals surface area contributed by atoms with E-state index in [2.05, 4.69) is 18.3 Å². The average molecular weight is 517 g/mol. The maximum Gasteiger partial charge on any atom is 0.409 e. The molecule has 1 saturated heterocycles. The van der Waals surface area contributed by atoms with E-state index in [1.807, 2.05) is 0 Å². The number of ether oxygens (including phenoxy) is 1. The van der Waals surface area contributed by atoms with Gasteiger partial charge in [0.15, 0.2) is 0 Å². The predicted octanol–water partition coefficient (Wildman–Crippen LogP) is 3.46. The number of hydrogen-bond donors (Lipinski definition) is 1. The highest BCUT2D eigenvalue weighted by Crippen LogP contribution is 2.39. The number of fused-ring (bicyclic) bond motifs is 1. The molecule has 1 unspecified atom stereocenters. The summed E-state index contributed by atoms with van der Waals surface area (Å²) in [5.74, 6) is 0.166. The van der Waals surface area contributed by atoms with Gasteiger partial charge in [-0.3, -0.25) is 4.79 Å². The van der Waals surface area contributed by atoms with E-state index in [0.717, 1.165) is 29.7 Å². The predicted molar refractivity (Wildman–Crippen MR) is 132 cm³/mol. The zero-order valence-corrected chi connectivity index (χ0v) is 21.4. The van der Waals surface area contributed by atoms with Gasteiger partial charge in [0.05, 0.1) is 17.1 Å². The molecule has 4 rings (SSSR count). The third-order valence-corrected chi connectivity index (χ3v) is 9.45. The lowest BCUT2D eigenvalue weighted by Crippen LogP contribution is -2.50. The van der Waals surface area contributed by atoms with E-state index in [4.69, 9.17) is 4.74 Å². The van der Waals surface area contributed by atoms with E-state index in [-0.39, 0.29) is 43.6 Å². The number of carbonyl (C=O) groups excluding carboxylic acids is 2. The second-order valence-electron chi connectivity index (χ2n) is 8.74. The van der Waals surface area contributed by atoms with Crippen molar-refractivity contribution in [2.45, 2.75) is 38.0 Å². The molecule has 0 spiro atoms. The van der Waals surface area contributed by atoms with Crippen LogP contribution in [0.15, 0.2) is 29.2 Å². The van der Waals surface area contributed by atoms with Gasteiger partial charge in [0, 0.05) is 36.6 Å². The Morgan fingerprint density at radius 2 is 1.89 bits per heavy atom. The lowest BCUT2D eigenvalue weighted by atomic mass is 9.88. The van der Waals surface area contributed by atoms with Crippen molar-refractivity contribution in [1.29, 1.82) is 5.26 Å². The van der Waals surface area contributed by atoms with Gasteiger partial charge < -0.3 is 15.0 Å². The molecule has 0 bridgehead atoms. The third kappa shape index (κ3) is 5.19. The lowest BCUT2D eigenvalue weighted by molar-refractivity contribution is 0.0933. The molecule has 2 heterocycles. The summed E-state index contributed by atoms with van der Waals surface area (Å²) in [7, 11) is -3.76. The van der Waals surface area contributed by atoms with Crippen LogP contribution in [-0.4, -0.2) is 62.4 Å². The van der Waals surface area contributed by atoms with Gasteiger partial charge in [-0.05, 0) is 61.9 Å². The second kappa shape index (κ2) is 10.4. The quantitative estimate of drug-likeness (QED) is 0.650. The van der Waals surface area contributed by atoms with Gasteiger partial charge in [0.1, 0.15) is 11.1 Å². The first-order valence-corrected chi connectivity index (χ1v) is 13.9. The van der Waals surface area contributed by atoms with Crippen LogP contribution in [0, 0.1) is 17.2 Å². The molecule has 0 radical (unpaired) electrons. The molecule has 1 fully saturated rings. The first kappa shape index (κ1) is 25.2. The average Bonchev–Trinajstić information content (AvgIpc) is 3.20. The Morgan fingerprint density at radius 3 is 2.51 bits per heavy atom. The molecule has 2 amide bonds. The van der Waals surface area contributed by atoms with Crippen molar-refractivity contribution in [3.05, 3.63) is 45.8 Å². The Bertz CT molecular complexity index is 1260. The molecule has 0 saturated carbocycles. The Labute approximate surface area is 209 Å². The van der Waals surface area contributed by atoms with E-state index in [0.29, 0.717) is 22.0 Å². The Hall–Kier alpha value is -2.94. The van der Waals surface area contributed by atoms with Crippen molar-refractivity contribution in [3.63, 3.8) is 0 Å². The summed E-state index contributed by atoms with van der Waals surface area (Å²) in [6, 6.07) is 8.00. The van der Waals surface area contributed by atoms with Gasteiger partial charge >= 0.3 is 6.09 Å². The van der Waals surface area contributed by atoms with Crippen LogP contribution in [0.5, 0.6) is 0 Å². The van der Waals surface area contributed by atoms with Crippen LogP contribution in [0.1, 0.15) is 46.6 Å². The number of sulfonamides is 1. The number of nitrogens with one attached hydrogen (secondary N) is 1. The number of carbonyl (C=O) groups is 2. The molecule has 11 heteroatoms. The van der Waals surface area contributed by atoms with Gasteiger partial charge in [-0.15, -0.1) is 11.3 Å². The van der Waals surface area contributed by atoms with Crippen molar-refractivity contribution in [2.24, 2.45) is 5.92 Å².